The number of benzene rings is 1. The fourth-order valence-corrected chi connectivity index (χ4v) is 2.23. The molecule has 6 heteroatoms. The Bertz CT molecular complexity index is 688. The van der Waals surface area contributed by atoms with E-state index in [0.29, 0.717) is 24.3 Å². The molecule has 2 rings (SSSR count). The normalized spacial score (nSPS) is 11.6. The van der Waals surface area contributed by atoms with E-state index in [1.807, 2.05) is 19.1 Å². The van der Waals surface area contributed by atoms with Crippen molar-refractivity contribution in [2.24, 2.45) is 5.92 Å². The van der Waals surface area contributed by atoms with Gasteiger partial charge in [0.05, 0.1) is 11.3 Å². The van der Waals surface area contributed by atoms with E-state index in [4.69, 9.17) is 0 Å². The Morgan fingerprint density at radius 2 is 1.96 bits per heavy atom. The van der Waals surface area contributed by atoms with Gasteiger partial charge in [0.25, 0.3) is 5.91 Å². The highest BCUT2D eigenvalue weighted by molar-refractivity contribution is 6.04. The molecule has 1 atom stereocenters. The third-order valence-electron chi connectivity index (χ3n) is 3.56. The number of carbonyl (C=O) groups is 2. The fourth-order valence-electron chi connectivity index (χ4n) is 2.23. The Balaban J connectivity index is 2.04. The Kier molecular flexibility index (Phi) is 6.45. The minimum atomic E-state index is -0.240. The van der Waals surface area contributed by atoms with Crippen LogP contribution in [0.3, 0.4) is 0 Å². The molecule has 1 unspecified atom stereocenters. The Morgan fingerprint density at radius 1 is 1.17 bits per heavy atom. The molecule has 2 amide bonds. The van der Waals surface area contributed by atoms with Crippen molar-refractivity contribution < 1.29 is 9.59 Å². The lowest BCUT2D eigenvalue weighted by atomic mass is 10.1. The summed E-state index contributed by atoms with van der Waals surface area (Å²) in [6.45, 7) is 2.78. The summed E-state index contributed by atoms with van der Waals surface area (Å²) in [6, 6.07) is 10.7. The van der Waals surface area contributed by atoms with Crippen molar-refractivity contribution in [3.05, 3.63) is 59.9 Å². The van der Waals surface area contributed by atoms with E-state index in [2.05, 4.69) is 20.9 Å². The zero-order valence-electron chi connectivity index (χ0n) is 13.9. The molecule has 0 spiro atoms. The predicted octanol–water partition coefficient (Wildman–Crippen LogP) is 1.81. The highest BCUT2D eigenvalue weighted by atomic mass is 16.2. The van der Waals surface area contributed by atoms with Gasteiger partial charge in [0.15, 0.2) is 0 Å². The number of nitrogens with zero attached hydrogens (tertiary/aromatic N) is 1. The van der Waals surface area contributed by atoms with Gasteiger partial charge < -0.3 is 16.0 Å². The van der Waals surface area contributed by atoms with Crippen LogP contribution in [-0.4, -0.2) is 30.4 Å². The van der Waals surface area contributed by atoms with Crippen molar-refractivity contribution in [2.75, 3.05) is 18.9 Å². The number of pyridine rings is 1. The van der Waals surface area contributed by atoms with Crippen LogP contribution >= 0.6 is 0 Å². The van der Waals surface area contributed by atoms with Gasteiger partial charge in [-0.25, -0.2) is 0 Å². The van der Waals surface area contributed by atoms with Gasteiger partial charge in [-0.1, -0.05) is 25.1 Å². The zero-order valence-corrected chi connectivity index (χ0v) is 13.9. The molecule has 0 saturated carbocycles. The molecule has 3 N–H and O–H groups in total. The molecule has 0 bridgehead atoms. The van der Waals surface area contributed by atoms with Crippen LogP contribution in [0.2, 0.25) is 0 Å². The molecule has 24 heavy (non-hydrogen) atoms. The van der Waals surface area contributed by atoms with Crippen molar-refractivity contribution in [1.82, 2.24) is 15.6 Å². The molecule has 0 radical (unpaired) electrons. The first-order valence-corrected chi connectivity index (χ1v) is 7.83. The molecule has 0 fully saturated rings. The van der Waals surface area contributed by atoms with E-state index >= 15 is 0 Å². The van der Waals surface area contributed by atoms with Crippen LogP contribution in [0.25, 0.3) is 0 Å². The molecule has 0 aliphatic carbocycles. The van der Waals surface area contributed by atoms with E-state index in [9.17, 15) is 9.59 Å². The molecular formula is C18H22N4O2. The smallest absolute Gasteiger partial charge is 0.253 e. The molecule has 0 saturated heterocycles. The largest absolute Gasteiger partial charge is 0.348 e. The van der Waals surface area contributed by atoms with Gasteiger partial charge in [-0.2, -0.15) is 0 Å². The van der Waals surface area contributed by atoms with Crippen LogP contribution in [0.15, 0.2) is 48.8 Å². The molecule has 126 valence electrons. The molecule has 1 heterocycles. The van der Waals surface area contributed by atoms with Crippen LogP contribution < -0.4 is 16.0 Å². The molecule has 6 nitrogen and oxygen atoms in total. The number of aromatic nitrogens is 1. The van der Waals surface area contributed by atoms with Crippen molar-refractivity contribution in [3.8, 4) is 0 Å². The van der Waals surface area contributed by atoms with Gasteiger partial charge in [0.2, 0.25) is 5.91 Å². The standard InChI is InChI=1S/C18H22N4O2/c1-13(10-19-2)17(23)22-16-8-4-3-7-15(16)18(24)21-12-14-6-5-9-20-11-14/h3-9,11,13,19H,10,12H2,1-2H3,(H,21,24)(H,22,23). The third kappa shape index (κ3) is 4.89. The quantitative estimate of drug-likeness (QED) is 0.724. The second-order valence-electron chi connectivity index (χ2n) is 5.54. The number of carbonyl (C=O) groups excluding carboxylic acids is 2. The Morgan fingerprint density at radius 3 is 2.67 bits per heavy atom. The topological polar surface area (TPSA) is 83.1 Å². The van der Waals surface area contributed by atoms with Gasteiger partial charge >= 0.3 is 0 Å². The second kappa shape index (κ2) is 8.79. The molecule has 0 aliphatic heterocycles. The van der Waals surface area contributed by atoms with Gasteiger partial charge in [-0.05, 0) is 30.8 Å². The number of para-hydroxylation sites is 1. The average Bonchev–Trinajstić information content (AvgIpc) is 2.61. The van der Waals surface area contributed by atoms with E-state index in [1.165, 1.54) is 0 Å². The van der Waals surface area contributed by atoms with Crippen molar-refractivity contribution in [2.45, 2.75) is 13.5 Å². The van der Waals surface area contributed by atoms with E-state index < -0.39 is 0 Å². The predicted molar refractivity (Wildman–Crippen MR) is 93.6 cm³/mol. The first-order valence-electron chi connectivity index (χ1n) is 7.83. The monoisotopic (exact) mass is 326 g/mol. The van der Waals surface area contributed by atoms with Gasteiger partial charge in [-0.3, -0.25) is 14.6 Å². The number of hydrogen-bond donors (Lipinski definition) is 3. The van der Waals surface area contributed by atoms with Gasteiger partial charge in [-0.15, -0.1) is 0 Å². The number of nitrogens with one attached hydrogen (secondary N) is 3. The maximum Gasteiger partial charge on any atom is 0.253 e. The van der Waals surface area contributed by atoms with Crippen LogP contribution in [0.1, 0.15) is 22.8 Å². The Labute approximate surface area is 141 Å². The summed E-state index contributed by atoms with van der Waals surface area (Å²) in [5.41, 5.74) is 1.86. The van der Waals surface area contributed by atoms with Crippen LogP contribution in [0.5, 0.6) is 0 Å². The molecule has 0 aliphatic rings. The lowest BCUT2D eigenvalue weighted by Crippen LogP contribution is -2.30. The summed E-state index contributed by atoms with van der Waals surface area (Å²) >= 11 is 0. The molecule has 1 aromatic carbocycles. The fraction of sp³-hybridized carbons (Fsp3) is 0.278. The number of rotatable bonds is 7. The van der Waals surface area contributed by atoms with Gasteiger partial charge in [0, 0.05) is 31.4 Å². The summed E-state index contributed by atoms with van der Waals surface area (Å²) in [6.07, 6.45) is 3.38. The lowest BCUT2D eigenvalue weighted by molar-refractivity contribution is -0.119. The van der Waals surface area contributed by atoms with E-state index in [0.717, 1.165) is 5.56 Å². The van der Waals surface area contributed by atoms with Crippen molar-refractivity contribution in [1.29, 1.82) is 0 Å². The summed E-state index contributed by atoms with van der Waals surface area (Å²) in [5.74, 6) is -0.561. The lowest BCUT2D eigenvalue weighted by Gasteiger charge is -2.14. The SMILES string of the molecule is CNCC(C)C(=O)Nc1ccccc1C(=O)NCc1cccnc1. The van der Waals surface area contributed by atoms with E-state index in [-0.39, 0.29) is 17.7 Å². The first-order chi connectivity index (χ1) is 11.6. The summed E-state index contributed by atoms with van der Waals surface area (Å²) in [5, 5.41) is 8.63. The van der Waals surface area contributed by atoms with Crippen molar-refractivity contribution >= 4 is 17.5 Å². The minimum absolute atomic E-state index is 0.128. The third-order valence-corrected chi connectivity index (χ3v) is 3.56. The minimum Gasteiger partial charge on any atom is -0.348 e. The summed E-state index contributed by atoms with van der Waals surface area (Å²) in [7, 11) is 1.80. The highest BCUT2D eigenvalue weighted by Crippen LogP contribution is 2.16. The number of anilines is 1. The van der Waals surface area contributed by atoms with E-state index in [1.54, 1.807) is 43.7 Å². The summed E-state index contributed by atoms with van der Waals surface area (Å²) in [4.78, 5) is 28.6. The van der Waals surface area contributed by atoms with Gasteiger partial charge in [0.1, 0.15) is 0 Å². The molecule has 1 aromatic heterocycles. The van der Waals surface area contributed by atoms with Crippen LogP contribution in [0, 0.1) is 5.92 Å². The zero-order chi connectivity index (χ0) is 17.4. The molecular weight excluding hydrogens is 304 g/mol. The number of amides is 2. The average molecular weight is 326 g/mol. The maximum atomic E-state index is 12.4. The Hall–Kier alpha value is -2.73. The first kappa shape index (κ1) is 17.6. The maximum absolute atomic E-state index is 12.4. The van der Waals surface area contributed by atoms with Crippen LogP contribution in [0.4, 0.5) is 5.69 Å². The summed E-state index contributed by atoms with van der Waals surface area (Å²) < 4.78 is 0. The highest BCUT2D eigenvalue weighted by Gasteiger charge is 2.16. The second-order valence-corrected chi connectivity index (χ2v) is 5.54. The number of hydrogen-bond acceptors (Lipinski definition) is 4. The molecule has 2 aromatic rings. The van der Waals surface area contributed by atoms with Crippen molar-refractivity contribution in [3.63, 3.8) is 0 Å². The van der Waals surface area contributed by atoms with Crippen LogP contribution in [-0.2, 0) is 11.3 Å².